The molecule has 0 heterocycles. The van der Waals surface area contributed by atoms with Crippen molar-refractivity contribution in [2.45, 2.75) is 105 Å². The van der Waals surface area contributed by atoms with Crippen LogP contribution >= 0.6 is 0 Å². The summed E-state index contributed by atoms with van der Waals surface area (Å²) in [7, 11) is 0. The summed E-state index contributed by atoms with van der Waals surface area (Å²) in [6, 6.07) is 0. The van der Waals surface area contributed by atoms with Gasteiger partial charge in [0.05, 0.1) is 0 Å². The predicted molar refractivity (Wildman–Crippen MR) is 112 cm³/mol. The first kappa shape index (κ1) is 27.9. The molecule has 0 aliphatic rings. The summed E-state index contributed by atoms with van der Waals surface area (Å²) in [6.45, 7) is 11.8. The molecule has 0 aliphatic heterocycles. The SMILES string of the molecule is CCCCCC(CC)C(CC)C(C)C.O=CCCCC(=O)C(=O)CCC=O. The zero-order valence-corrected chi connectivity index (χ0v) is 18.3. The minimum Gasteiger partial charge on any atom is -0.303 e. The minimum atomic E-state index is -0.516. The van der Waals surface area contributed by atoms with Crippen LogP contribution in [0.1, 0.15) is 105 Å². The Kier molecular flexibility index (Phi) is 20.1. The molecule has 0 rings (SSSR count). The van der Waals surface area contributed by atoms with Crippen LogP contribution in [0.25, 0.3) is 0 Å². The van der Waals surface area contributed by atoms with E-state index in [9.17, 15) is 19.2 Å². The van der Waals surface area contributed by atoms with Crippen molar-refractivity contribution in [2.24, 2.45) is 17.8 Å². The monoisotopic (exact) mass is 382 g/mol. The number of hydrogen-bond acceptors (Lipinski definition) is 4. The van der Waals surface area contributed by atoms with Gasteiger partial charge in [0.2, 0.25) is 0 Å². The van der Waals surface area contributed by atoms with Crippen LogP contribution in [-0.4, -0.2) is 24.1 Å². The number of carbonyl (C=O) groups excluding carboxylic acids is 4. The first-order valence-corrected chi connectivity index (χ1v) is 10.8. The highest BCUT2D eigenvalue weighted by molar-refractivity contribution is 6.37. The molecule has 0 spiro atoms. The molecule has 27 heavy (non-hydrogen) atoms. The topological polar surface area (TPSA) is 68.3 Å². The normalized spacial score (nSPS) is 12.7. The summed E-state index contributed by atoms with van der Waals surface area (Å²) in [6.07, 6.45) is 10.6. The van der Waals surface area contributed by atoms with Gasteiger partial charge in [-0.2, -0.15) is 0 Å². The second-order valence-electron chi connectivity index (χ2n) is 7.59. The third-order valence-electron chi connectivity index (χ3n) is 5.16. The van der Waals surface area contributed by atoms with Crippen LogP contribution in [-0.2, 0) is 19.2 Å². The molecule has 0 radical (unpaired) electrons. The van der Waals surface area contributed by atoms with Gasteiger partial charge < -0.3 is 9.59 Å². The van der Waals surface area contributed by atoms with Crippen molar-refractivity contribution < 1.29 is 19.2 Å². The molecular weight excluding hydrogens is 340 g/mol. The molecule has 0 aromatic heterocycles. The highest BCUT2D eigenvalue weighted by Crippen LogP contribution is 2.30. The summed E-state index contributed by atoms with van der Waals surface area (Å²) in [5.41, 5.74) is 0. The summed E-state index contributed by atoms with van der Waals surface area (Å²) in [5, 5.41) is 0. The quantitative estimate of drug-likeness (QED) is 0.194. The first-order valence-electron chi connectivity index (χ1n) is 10.8. The van der Waals surface area contributed by atoms with Gasteiger partial charge in [-0.05, 0) is 24.2 Å². The number of rotatable bonds is 16. The van der Waals surface area contributed by atoms with Gasteiger partial charge in [-0.15, -0.1) is 0 Å². The second kappa shape index (κ2) is 19.4. The van der Waals surface area contributed by atoms with E-state index in [0.717, 1.165) is 17.8 Å². The Balaban J connectivity index is 0. The van der Waals surface area contributed by atoms with Gasteiger partial charge >= 0.3 is 0 Å². The fourth-order valence-electron chi connectivity index (χ4n) is 3.54. The Morgan fingerprint density at radius 1 is 0.778 bits per heavy atom. The fourth-order valence-corrected chi connectivity index (χ4v) is 3.54. The van der Waals surface area contributed by atoms with E-state index >= 15 is 0 Å². The lowest BCUT2D eigenvalue weighted by Gasteiger charge is -2.28. The van der Waals surface area contributed by atoms with Gasteiger partial charge in [0.15, 0.2) is 11.6 Å². The van der Waals surface area contributed by atoms with Crippen molar-refractivity contribution in [3.05, 3.63) is 0 Å². The maximum Gasteiger partial charge on any atom is 0.198 e. The Hall–Kier alpha value is -1.32. The van der Waals surface area contributed by atoms with Gasteiger partial charge in [-0.3, -0.25) is 9.59 Å². The Morgan fingerprint density at radius 3 is 1.81 bits per heavy atom. The molecule has 0 aromatic carbocycles. The molecule has 4 nitrogen and oxygen atoms in total. The Morgan fingerprint density at radius 2 is 1.37 bits per heavy atom. The average Bonchev–Trinajstić information content (AvgIpc) is 2.65. The standard InChI is InChI=1S/C14H30.C9H12O4/c1-6-9-10-11-13(7-2)14(8-3)12(4)5;10-6-2-1-4-8(12)9(13)5-3-7-11/h12-14H,6-11H2,1-5H3;6-7H,1-5H2. The van der Waals surface area contributed by atoms with Gasteiger partial charge in [0.1, 0.15) is 12.6 Å². The second-order valence-corrected chi connectivity index (χ2v) is 7.59. The van der Waals surface area contributed by atoms with E-state index in [2.05, 4.69) is 34.6 Å². The minimum absolute atomic E-state index is 0.0105. The summed E-state index contributed by atoms with van der Waals surface area (Å²) >= 11 is 0. The van der Waals surface area contributed by atoms with Crippen molar-refractivity contribution in [1.29, 1.82) is 0 Å². The number of hydrogen-bond donors (Lipinski definition) is 0. The van der Waals surface area contributed by atoms with Crippen LogP contribution in [0.15, 0.2) is 0 Å². The van der Waals surface area contributed by atoms with Crippen molar-refractivity contribution >= 4 is 24.1 Å². The number of aldehydes is 2. The number of ketones is 2. The average molecular weight is 383 g/mol. The van der Waals surface area contributed by atoms with E-state index < -0.39 is 11.6 Å². The van der Waals surface area contributed by atoms with Gasteiger partial charge in [-0.1, -0.05) is 73.1 Å². The van der Waals surface area contributed by atoms with E-state index in [1.807, 2.05) is 0 Å². The molecule has 2 atom stereocenters. The summed E-state index contributed by atoms with van der Waals surface area (Å²) in [4.78, 5) is 41.6. The molecule has 0 amide bonds. The number of unbranched alkanes of at least 4 members (excludes halogenated alkanes) is 3. The molecule has 0 bridgehead atoms. The van der Waals surface area contributed by atoms with E-state index in [1.165, 1.54) is 38.5 Å². The highest BCUT2D eigenvalue weighted by Gasteiger charge is 2.20. The van der Waals surface area contributed by atoms with Gasteiger partial charge in [0.25, 0.3) is 0 Å². The number of carbonyl (C=O) groups is 4. The summed E-state index contributed by atoms with van der Waals surface area (Å²) in [5.74, 6) is 1.80. The largest absolute Gasteiger partial charge is 0.303 e. The molecular formula is C23H42O4. The first-order chi connectivity index (χ1) is 12.9. The molecule has 0 saturated heterocycles. The highest BCUT2D eigenvalue weighted by atomic mass is 16.2. The van der Waals surface area contributed by atoms with Crippen LogP contribution in [0.3, 0.4) is 0 Å². The van der Waals surface area contributed by atoms with Crippen molar-refractivity contribution in [1.82, 2.24) is 0 Å². The van der Waals surface area contributed by atoms with E-state index in [0.29, 0.717) is 25.4 Å². The molecule has 0 saturated carbocycles. The van der Waals surface area contributed by atoms with Gasteiger partial charge in [-0.25, -0.2) is 0 Å². The molecule has 0 aromatic rings. The van der Waals surface area contributed by atoms with Crippen LogP contribution < -0.4 is 0 Å². The predicted octanol–water partition coefficient (Wildman–Crippen LogP) is 5.75. The molecule has 158 valence electrons. The fraction of sp³-hybridized carbons (Fsp3) is 0.826. The van der Waals surface area contributed by atoms with E-state index in [4.69, 9.17) is 0 Å². The zero-order chi connectivity index (χ0) is 21.1. The number of Topliss-reactive ketones (excluding diaryl/α,β-unsaturated/α-hetero) is 2. The zero-order valence-electron chi connectivity index (χ0n) is 18.3. The molecule has 4 heteroatoms. The van der Waals surface area contributed by atoms with E-state index in [1.54, 1.807) is 0 Å². The maximum absolute atomic E-state index is 10.9. The molecule has 0 aliphatic carbocycles. The lowest BCUT2D eigenvalue weighted by Crippen LogP contribution is -2.19. The van der Waals surface area contributed by atoms with Crippen molar-refractivity contribution in [2.75, 3.05) is 0 Å². The van der Waals surface area contributed by atoms with Crippen LogP contribution in [0.2, 0.25) is 0 Å². The van der Waals surface area contributed by atoms with Crippen LogP contribution in [0.4, 0.5) is 0 Å². The van der Waals surface area contributed by atoms with Crippen molar-refractivity contribution in [3.63, 3.8) is 0 Å². The van der Waals surface area contributed by atoms with E-state index in [-0.39, 0.29) is 19.3 Å². The Labute approximate surface area is 166 Å². The smallest absolute Gasteiger partial charge is 0.198 e. The molecule has 0 N–H and O–H groups in total. The molecule has 0 fully saturated rings. The maximum atomic E-state index is 10.9. The summed E-state index contributed by atoms with van der Waals surface area (Å²) < 4.78 is 0. The lowest BCUT2D eigenvalue weighted by atomic mass is 9.77. The van der Waals surface area contributed by atoms with Crippen molar-refractivity contribution in [3.8, 4) is 0 Å². The third kappa shape index (κ3) is 15.4. The van der Waals surface area contributed by atoms with Gasteiger partial charge in [0, 0.05) is 25.7 Å². The van der Waals surface area contributed by atoms with Crippen LogP contribution in [0, 0.1) is 17.8 Å². The molecule has 2 unspecified atom stereocenters. The Bertz CT molecular complexity index is 401. The lowest BCUT2D eigenvalue weighted by molar-refractivity contribution is -0.137. The third-order valence-corrected chi connectivity index (χ3v) is 5.16. The van der Waals surface area contributed by atoms with Crippen LogP contribution in [0.5, 0.6) is 0 Å².